The summed E-state index contributed by atoms with van der Waals surface area (Å²) < 4.78 is 4.97. The summed E-state index contributed by atoms with van der Waals surface area (Å²) >= 11 is 0. The van der Waals surface area contributed by atoms with Crippen LogP contribution in [0.3, 0.4) is 0 Å². The van der Waals surface area contributed by atoms with E-state index in [2.05, 4.69) is 36.4 Å². The molecule has 0 heterocycles. The largest absolute Gasteiger partial charge is 0.466 e. The van der Waals surface area contributed by atoms with Gasteiger partial charge in [0.2, 0.25) is 0 Å². The maximum atomic E-state index is 12.2. The van der Waals surface area contributed by atoms with Crippen molar-refractivity contribution in [2.24, 2.45) is 11.8 Å². The molecule has 1 aliphatic carbocycles. The molecule has 3 heteroatoms. The maximum Gasteiger partial charge on any atom is 0.309 e. The maximum absolute atomic E-state index is 12.2. The molecule has 0 N–H and O–H groups in total. The third kappa shape index (κ3) is 3.91. The van der Waals surface area contributed by atoms with E-state index in [1.807, 2.05) is 18.2 Å². The van der Waals surface area contributed by atoms with Gasteiger partial charge in [-0.3, -0.25) is 9.59 Å². The van der Waals surface area contributed by atoms with E-state index in [-0.39, 0.29) is 23.6 Å². The summed E-state index contributed by atoms with van der Waals surface area (Å²) in [6.45, 7) is 2.17. The van der Waals surface area contributed by atoms with E-state index in [0.717, 1.165) is 12.0 Å². The number of carbonyl (C=O) groups is 2. The molecule has 1 fully saturated rings. The van der Waals surface area contributed by atoms with Crippen LogP contribution >= 0.6 is 0 Å². The summed E-state index contributed by atoms with van der Waals surface area (Å²) in [5.41, 5.74) is 3.52. The van der Waals surface area contributed by atoms with E-state index in [1.165, 1.54) is 11.1 Å². The molecule has 0 amide bonds. The molecule has 3 rings (SSSR count). The molecule has 2 aromatic carbocycles. The number of hydrogen-bond donors (Lipinski definition) is 0. The average molecular weight is 322 g/mol. The number of carbonyl (C=O) groups excluding carboxylic acids is 2. The number of Topliss-reactive ketones (excluding diaryl/α,β-unsaturated/α-hetero) is 1. The Hall–Kier alpha value is -2.42. The predicted octanol–water partition coefficient (Wildman–Crippen LogP) is 4.05. The van der Waals surface area contributed by atoms with Gasteiger partial charge in [-0.25, -0.2) is 0 Å². The van der Waals surface area contributed by atoms with Gasteiger partial charge < -0.3 is 4.74 Å². The third-order valence-corrected chi connectivity index (χ3v) is 4.51. The van der Waals surface area contributed by atoms with Crippen LogP contribution < -0.4 is 0 Å². The van der Waals surface area contributed by atoms with Crippen LogP contribution in [-0.4, -0.2) is 18.4 Å². The van der Waals surface area contributed by atoms with Gasteiger partial charge in [-0.05, 0) is 36.5 Å². The van der Waals surface area contributed by atoms with E-state index in [1.54, 1.807) is 6.92 Å². The Morgan fingerprint density at radius 2 is 1.62 bits per heavy atom. The summed E-state index contributed by atoms with van der Waals surface area (Å²) in [4.78, 5) is 23.8. The zero-order chi connectivity index (χ0) is 16.9. The molecule has 0 aliphatic heterocycles. The van der Waals surface area contributed by atoms with Crippen LogP contribution in [0.25, 0.3) is 11.1 Å². The third-order valence-electron chi connectivity index (χ3n) is 4.51. The lowest BCUT2D eigenvalue weighted by Crippen LogP contribution is -2.12. The summed E-state index contributed by atoms with van der Waals surface area (Å²) in [6, 6.07) is 18.6. The van der Waals surface area contributed by atoms with E-state index >= 15 is 0 Å². The second kappa shape index (κ2) is 7.43. The highest BCUT2D eigenvalue weighted by molar-refractivity contribution is 5.91. The van der Waals surface area contributed by atoms with Gasteiger partial charge in [0, 0.05) is 12.3 Å². The Balaban J connectivity index is 1.51. The summed E-state index contributed by atoms with van der Waals surface area (Å²) in [7, 11) is 0. The van der Waals surface area contributed by atoms with E-state index in [0.29, 0.717) is 19.4 Å². The molecule has 2 atom stereocenters. The zero-order valence-corrected chi connectivity index (χ0v) is 13.9. The van der Waals surface area contributed by atoms with Crippen LogP contribution in [0, 0.1) is 11.8 Å². The highest BCUT2D eigenvalue weighted by Gasteiger charge is 2.48. The normalized spacial score (nSPS) is 18.9. The number of ether oxygens (including phenoxy) is 1. The molecule has 0 saturated heterocycles. The van der Waals surface area contributed by atoms with Crippen LogP contribution in [0.15, 0.2) is 54.6 Å². The summed E-state index contributed by atoms with van der Waals surface area (Å²) in [6.07, 6.45) is 1.87. The molecule has 3 nitrogen and oxygen atoms in total. The standard InChI is InChI=1S/C21H22O3/c1-2-24-21(23)19-14-18(19)20(22)13-10-15-8-11-17(12-9-15)16-6-4-3-5-7-16/h3-9,11-12,18-19H,2,10,13-14H2,1H3/t18-,19-/m0/s1. The minimum absolute atomic E-state index is 0.118. The lowest BCUT2D eigenvalue weighted by Gasteiger charge is -2.05. The molecule has 1 saturated carbocycles. The minimum atomic E-state index is -0.219. The summed E-state index contributed by atoms with van der Waals surface area (Å²) in [5, 5.41) is 0. The first-order valence-corrected chi connectivity index (χ1v) is 8.52. The Bertz CT molecular complexity index is 704. The van der Waals surface area contributed by atoms with Crippen LogP contribution in [0.5, 0.6) is 0 Å². The van der Waals surface area contributed by atoms with Gasteiger partial charge in [-0.15, -0.1) is 0 Å². The molecule has 0 spiro atoms. The lowest BCUT2D eigenvalue weighted by atomic mass is 10.0. The average Bonchev–Trinajstić information content (AvgIpc) is 3.42. The van der Waals surface area contributed by atoms with Crippen molar-refractivity contribution < 1.29 is 14.3 Å². The monoisotopic (exact) mass is 322 g/mol. The quantitative estimate of drug-likeness (QED) is 0.722. The molecule has 1 aliphatic rings. The Morgan fingerprint density at radius 3 is 2.29 bits per heavy atom. The number of benzene rings is 2. The number of esters is 1. The van der Waals surface area contributed by atoms with Gasteiger partial charge in [0.1, 0.15) is 5.78 Å². The van der Waals surface area contributed by atoms with Crippen molar-refractivity contribution in [1.29, 1.82) is 0 Å². The lowest BCUT2D eigenvalue weighted by molar-refractivity contribution is -0.145. The topological polar surface area (TPSA) is 43.4 Å². The van der Waals surface area contributed by atoms with E-state index in [9.17, 15) is 9.59 Å². The molecular weight excluding hydrogens is 300 g/mol. The first kappa shape index (κ1) is 16.4. The van der Waals surface area contributed by atoms with Crippen molar-refractivity contribution in [1.82, 2.24) is 0 Å². The first-order chi connectivity index (χ1) is 11.7. The SMILES string of the molecule is CCOC(=O)[C@H]1C[C@@H]1C(=O)CCc1ccc(-c2ccccc2)cc1. The minimum Gasteiger partial charge on any atom is -0.466 e. The Labute approximate surface area is 142 Å². The molecule has 2 aromatic rings. The van der Waals surface area contributed by atoms with Crippen molar-refractivity contribution in [2.45, 2.75) is 26.2 Å². The fourth-order valence-corrected chi connectivity index (χ4v) is 3.01. The fourth-order valence-electron chi connectivity index (χ4n) is 3.01. The molecule has 0 radical (unpaired) electrons. The van der Waals surface area contributed by atoms with Crippen LogP contribution in [-0.2, 0) is 20.7 Å². The summed E-state index contributed by atoms with van der Waals surface area (Å²) in [5.74, 6) is -0.353. The number of hydrogen-bond acceptors (Lipinski definition) is 3. The first-order valence-electron chi connectivity index (χ1n) is 8.52. The van der Waals surface area contributed by atoms with Gasteiger partial charge in [0.05, 0.1) is 12.5 Å². The molecule has 0 bridgehead atoms. The number of aryl methyl sites for hydroxylation is 1. The molecule has 24 heavy (non-hydrogen) atoms. The van der Waals surface area contributed by atoms with Crippen LogP contribution in [0.1, 0.15) is 25.3 Å². The molecule has 0 aromatic heterocycles. The van der Waals surface area contributed by atoms with Gasteiger partial charge in [0.25, 0.3) is 0 Å². The Kier molecular flexibility index (Phi) is 5.09. The predicted molar refractivity (Wildman–Crippen MR) is 93.4 cm³/mol. The molecular formula is C21H22O3. The van der Waals surface area contributed by atoms with Crippen LogP contribution in [0.2, 0.25) is 0 Å². The van der Waals surface area contributed by atoms with E-state index < -0.39 is 0 Å². The second-order valence-electron chi connectivity index (χ2n) is 6.23. The van der Waals surface area contributed by atoms with Crippen molar-refractivity contribution in [2.75, 3.05) is 6.61 Å². The number of ketones is 1. The highest BCUT2D eigenvalue weighted by Crippen LogP contribution is 2.41. The zero-order valence-electron chi connectivity index (χ0n) is 13.9. The highest BCUT2D eigenvalue weighted by atomic mass is 16.5. The number of rotatable bonds is 7. The van der Waals surface area contributed by atoms with Gasteiger partial charge in [0.15, 0.2) is 0 Å². The molecule has 0 unspecified atom stereocenters. The van der Waals surface area contributed by atoms with Gasteiger partial charge >= 0.3 is 5.97 Å². The smallest absolute Gasteiger partial charge is 0.309 e. The van der Waals surface area contributed by atoms with Crippen molar-refractivity contribution in [3.63, 3.8) is 0 Å². The molecule has 124 valence electrons. The van der Waals surface area contributed by atoms with Gasteiger partial charge in [-0.1, -0.05) is 54.6 Å². The fraction of sp³-hybridized carbons (Fsp3) is 0.333. The Morgan fingerprint density at radius 1 is 0.958 bits per heavy atom. The van der Waals surface area contributed by atoms with Crippen LogP contribution in [0.4, 0.5) is 0 Å². The van der Waals surface area contributed by atoms with Gasteiger partial charge in [-0.2, -0.15) is 0 Å². The van der Waals surface area contributed by atoms with E-state index in [4.69, 9.17) is 4.74 Å². The second-order valence-corrected chi connectivity index (χ2v) is 6.23. The van der Waals surface area contributed by atoms with Crippen molar-refractivity contribution in [3.05, 3.63) is 60.2 Å². The van der Waals surface area contributed by atoms with Crippen molar-refractivity contribution in [3.8, 4) is 11.1 Å². The van der Waals surface area contributed by atoms with Crippen molar-refractivity contribution >= 4 is 11.8 Å².